The van der Waals surface area contributed by atoms with Crippen molar-refractivity contribution in [3.05, 3.63) is 35.4 Å². The third kappa shape index (κ3) is 6.90. The van der Waals surface area contributed by atoms with Crippen LogP contribution in [0.1, 0.15) is 11.1 Å². The Bertz CT molecular complexity index is 508. The fourth-order valence-corrected chi connectivity index (χ4v) is 2.64. The second-order valence-electron chi connectivity index (χ2n) is 4.10. The van der Waals surface area contributed by atoms with Gasteiger partial charge in [-0.2, -0.15) is 0 Å². The van der Waals surface area contributed by atoms with E-state index in [4.69, 9.17) is 5.11 Å². The molecule has 1 aromatic carbocycles. The van der Waals surface area contributed by atoms with E-state index in [2.05, 4.69) is 9.46 Å². The number of ether oxygens (including phenoxy) is 1. The average Bonchev–Trinajstić information content (AvgIpc) is 2.37. The molecular formula is C12H17F2NO4S. The third-order valence-corrected chi connectivity index (χ3v) is 3.70. The van der Waals surface area contributed by atoms with E-state index >= 15 is 0 Å². The Morgan fingerprint density at radius 3 is 2.65 bits per heavy atom. The van der Waals surface area contributed by atoms with Crippen LogP contribution in [-0.2, 0) is 27.1 Å². The highest BCUT2D eigenvalue weighted by atomic mass is 32.2. The summed E-state index contributed by atoms with van der Waals surface area (Å²) < 4.78 is 53.8. The topological polar surface area (TPSA) is 75.6 Å². The van der Waals surface area contributed by atoms with E-state index in [1.807, 2.05) is 0 Å². The molecule has 114 valence electrons. The van der Waals surface area contributed by atoms with Gasteiger partial charge < -0.3 is 9.84 Å². The standard InChI is InChI=1S/C12H17F2NO4S/c13-12(14)8-19-5-4-15-20(17,18)9-11-3-1-2-10(6-11)7-16/h1-3,6,12,15-16H,4-5,7-9H2. The second kappa shape index (κ2) is 8.25. The molecule has 0 heterocycles. The molecule has 0 saturated heterocycles. The van der Waals surface area contributed by atoms with Crippen molar-refractivity contribution >= 4 is 10.0 Å². The average molecular weight is 309 g/mol. The highest BCUT2D eigenvalue weighted by Gasteiger charge is 2.11. The molecule has 20 heavy (non-hydrogen) atoms. The van der Waals surface area contributed by atoms with Crippen LogP contribution in [0.15, 0.2) is 24.3 Å². The lowest BCUT2D eigenvalue weighted by molar-refractivity contribution is 0.0199. The first kappa shape index (κ1) is 17.0. The first-order valence-corrected chi connectivity index (χ1v) is 7.60. The van der Waals surface area contributed by atoms with Gasteiger partial charge in [0.25, 0.3) is 6.43 Å². The zero-order valence-corrected chi connectivity index (χ0v) is 11.6. The molecule has 0 atom stereocenters. The number of alkyl halides is 2. The van der Waals surface area contributed by atoms with Gasteiger partial charge in [-0.1, -0.05) is 24.3 Å². The molecule has 8 heteroatoms. The zero-order valence-electron chi connectivity index (χ0n) is 10.8. The second-order valence-corrected chi connectivity index (χ2v) is 5.90. The molecule has 0 aromatic heterocycles. The molecule has 0 amide bonds. The first-order valence-electron chi connectivity index (χ1n) is 5.95. The molecule has 0 saturated carbocycles. The van der Waals surface area contributed by atoms with Gasteiger partial charge in [0.05, 0.1) is 19.0 Å². The van der Waals surface area contributed by atoms with Crippen molar-refractivity contribution in [2.75, 3.05) is 19.8 Å². The summed E-state index contributed by atoms with van der Waals surface area (Å²) in [5.41, 5.74) is 1.16. The molecule has 0 spiro atoms. The number of aliphatic hydroxyl groups is 1. The highest BCUT2D eigenvalue weighted by Crippen LogP contribution is 2.08. The molecule has 1 rings (SSSR count). The number of hydrogen-bond acceptors (Lipinski definition) is 4. The molecule has 1 aromatic rings. The summed E-state index contributed by atoms with van der Waals surface area (Å²) >= 11 is 0. The van der Waals surface area contributed by atoms with Gasteiger partial charge in [0.1, 0.15) is 6.61 Å². The van der Waals surface area contributed by atoms with Crippen LogP contribution in [0.3, 0.4) is 0 Å². The Morgan fingerprint density at radius 2 is 2.00 bits per heavy atom. The van der Waals surface area contributed by atoms with Gasteiger partial charge in [-0.25, -0.2) is 21.9 Å². The van der Waals surface area contributed by atoms with Gasteiger partial charge in [-0.3, -0.25) is 0 Å². The van der Waals surface area contributed by atoms with Crippen molar-refractivity contribution in [2.24, 2.45) is 0 Å². The Balaban J connectivity index is 2.41. The minimum absolute atomic E-state index is 0.0608. The maximum Gasteiger partial charge on any atom is 0.261 e. The van der Waals surface area contributed by atoms with Gasteiger partial charge in [0.2, 0.25) is 10.0 Å². The maximum absolute atomic E-state index is 11.8. The van der Waals surface area contributed by atoms with Crippen LogP contribution in [0.25, 0.3) is 0 Å². The third-order valence-electron chi connectivity index (χ3n) is 2.34. The normalized spacial score (nSPS) is 12.0. The van der Waals surface area contributed by atoms with Crippen molar-refractivity contribution in [3.63, 3.8) is 0 Å². The molecule has 0 radical (unpaired) electrons. The maximum atomic E-state index is 11.8. The van der Waals surface area contributed by atoms with Gasteiger partial charge in [-0.05, 0) is 11.1 Å². The number of benzene rings is 1. The predicted octanol–water partition coefficient (Wildman–Crippen LogP) is 0.880. The molecule has 0 aliphatic rings. The predicted molar refractivity (Wildman–Crippen MR) is 69.8 cm³/mol. The lowest BCUT2D eigenvalue weighted by atomic mass is 10.1. The van der Waals surface area contributed by atoms with E-state index in [-0.39, 0.29) is 25.5 Å². The number of rotatable bonds is 9. The number of aliphatic hydroxyl groups excluding tert-OH is 1. The largest absolute Gasteiger partial charge is 0.392 e. The van der Waals surface area contributed by atoms with E-state index in [1.165, 1.54) is 0 Å². The Hall–Kier alpha value is -1.09. The fraction of sp³-hybridized carbons (Fsp3) is 0.500. The molecule has 0 bridgehead atoms. The summed E-state index contributed by atoms with van der Waals surface area (Å²) in [7, 11) is -3.56. The van der Waals surface area contributed by atoms with E-state index < -0.39 is 23.1 Å². The van der Waals surface area contributed by atoms with Crippen molar-refractivity contribution in [1.29, 1.82) is 0 Å². The molecule has 5 nitrogen and oxygen atoms in total. The lowest BCUT2D eigenvalue weighted by Crippen LogP contribution is -2.29. The van der Waals surface area contributed by atoms with Crippen molar-refractivity contribution in [1.82, 2.24) is 4.72 Å². The SMILES string of the molecule is O=S(=O)(Cc1cccc(CO)c1)NCCOCC(F)F. The molecule has 0 fully saturated rings. The van der Waals surface area contributed by atoms with Crippen LogP contribution in [0.2, 0.25) is 0 Å². The molecule has 0 aliphatic heterocycles. The summed E-state index contributed by atoms with van der Waals surface area (Å²) in [5.74, 6) is -0.240. The summed E-state index contributed by atoms with van der Waals surface area (Å²) in [6.45, 7) is -1.04. The summed E-state index contributed by atoms with van der Waals surface area (Å²) in [6, 6.07) is 6.56. The van der Waals surface area contributed by atoms with Crippen LogP contribution in [0.5, 0.6) is 0 Å². The summed E-state index contributed by atoms with van der Waals surface area (Å²) in [6.07, 6.45) is -2.56. The summed E-state index contributed by atoms with van der Waals surface area (Å²) in [5, 5.41) is 8.96. The highest BCUT2D eigenvalue weighted by molar-refractivity contribution is 7.88. The zero-order chi connectivity index (χ0) is 15.0. The van der Waals surface area contributed by atoms with Crippen LogP contribution in [0.4, 0.5) is 8.78 Å². The Kier molecular flexibility index (Phi) is 7.00. The number of nitrogens with one attached hydrogen (secondary N) is 1. The van der Waals surface area contributed by atoms with Gasteiger partial charge in [-0.15, -0.1) is 0 Å². The quantitative estimate of drug-likeness (QED) is 0.664. The Morgan fingerprint density at radius 1 is 1.30 bits per heavy atom. The smallest absolute Gasteiger partial charge is 0.261 e. The number of hydrogen-bond donors (Lipinski definition) is 2. The first-order chi connectivity index (χ1) is 9.43. The van der Waals surface area contributed by atoms with Gasteiger partial charge in [0.15, 0.2) is 0 Å². The fourth-order valence-electron chi connectivity index (χ4n) is 1.53. The van der Waals surface area contributed by atoms with Crippen LogP contribution < -0.4 is 4.72 Å². The molecule has 2 N–H and O–H groups in total. The molecule has 0 unspecified atom stereocenters. The molecular weight excluding hydrogens is 292 g/mol. The summed E-state index contributed by atoms with van der Waals surface area (Å²) in [4.78, 5) is 0. The van der Waals surface area contributed by atoms with E-state index in [1.54, 1.807) is 24.3 Å². The van der Waals surface area contributed by atoms with E-state index in [0.29, 0.717) is 11.1 Å². The number of sulfonamides is 1. The van der Waals surface area contributed by atoms with E-state index in [0.717, 1.165) is 0 Å². The number of halogens is 2. The van der Waals surface area contributed by atoms with Crippen molar-refractivity contribution in [3.8, 4) is 0 Å². The minimum atomic E-state index is -3.56. The Labute approximate surface area is 116 Å². The van der Waals surface area contributed by atoms with Crippen molar-refractivity contribution in [2.45, 2.75) is 18.8 Å². The molecule has 0 aliphatic carbocycles. The van der Waals surface area contributed by atoms with E-state index in [9.17, 15) is 17.2 Å². The van der Waals surface area contributed by atoms with Crippen LogP contribution >= 0.6 is 0 Å². The monoisotopic (exact) mass is 309 g/mol. The lowest BCUT2D eigenvalue weighted by Gasteiger charge is -2.08. The van der Waals surface area contributed by atoms with Crippen LogP contribution in [-0.4, -0.2) is 39.7 Å². The van der Waals surface area contributed by atoms with Gasteiger partial charge in [0, 0.05) is 6.54 Å². The van der Waals surface area contributed by atoms with Gasteiger partial charge >= 0.3 is 0 Å². The minimum Gasteiger partial charge on any atom is -0.392 e. The van der Waals surface area contributed by atoms with Crippen LogP contribution in [0, 0.1) is 0 Å². The van der Waals surface area contributed by atoms with Crippen molar-refractivity contribution < 1.29 is 27.0 Å².